The number of aryl methyl sites for hydroxylation is 2. The summed E-state index contributed by atoms with van der Waals surface area (Å²) in [4.78, 5) is 0. The zero-order chi connectivity index (χ0) is 12.3. The fourth-order valence-electron chi connectivity index (χ4n) is 1.66. The van der Waals surface area contributed by atoms with Gasteiger partial charge in [-0.05, 0) is 42.7 Å². The molecule has 0 amide bonds. The quantitative estimate of drug-likeness (QED) is 0.706. The number of aliphatic hydroxyl groups is 3. The molecular formula is C12H18O4. The Morgan fingerprint density at radius 1 is 1.19 bits per heavy atom. The molecule has 0 bridgehead atoms. The topological polar surface area (TPSA) is 69.9 Å². The summed E-state index contributed by atoms with van der Waals surface area (Å²) in [6, 6.07) is 3.57. The predicted octanol–water partition coefficient (Wildman–Crippen LogP) is 0.699. The molecule has 90 valence electrons. The molecule has 2 atom stereocenters. The molecule has 0 aliphatic rings. The van der Waals surface area contributed by atoms with Crippen molar-refractivity contribution in [2.45, 2.75) is 26.1 Å². The van der Waals surface area contributed by atoms with Crippen LogP contribution in [0.5, 0.6) is 5.75 Å². The molecule has 0 saturated heterocycles. The third-order valence-corrected chi connectivity index (χ3v) is 2.65. The van der Waals surface area contributed by atoms with Gasteiger partial charge in [-0.2, -0.15) is 0 Å². The molecule has 0 spiro atoms. The van der Waals surface area contributed by atoms with Crippen LogP contribution in [0.3, 0.4) is 0 Å². The smallest absolute Gasteiger partial charge is 0.122 e. The Labute approximate surface area is 95.1 Å². The number of hydrogen-bond acceptors (Lipinski definition) is 4. The Bertz CT molecular complexity index is 362. The highest BCUT2D eigenvalue weighted by Crippen LogP contribution is 2.27. The molecule has 16 heavy (non-hydrogen) atoms. The molecule has 2 unspecified atom stereocenters. The first-order chi connectivity index (χ1) is 7.51. The largest absolute Gasteiger partial charge is 0.496 e. The van der Waals surface area contributed by atoms with E-state index in [4.69, 9.17) is 9.84 Å². The van der Waals surface area contributed by atoms with E-state index in [-0.39, 0.29) is 0 Å². The van der Waals surface area contributed by atoms with Gasteiger partial charge in [0.15, 0.2) is 0 Å². The Morgan fingerprint density at radius 2 is 1.81 bits per heavy atom. The second kappa shape index (κ2) is 5.30. The molecule has 1 aromatic carbocycles. The van der Waals surface area contributed by atoms with Crippen LogP contribution in [0.1, 0.15) is 22.8 Å². The van der Waals surface area contributed by atoms with Crippen molar-refractivity contribution >= 4 is 0 Å². The lowest BCUT2D eigenvalue weighted by molar-refractivity contribution is -0.0155. The first kappa shape index (κ1) is 13.0. The van der Waals surface area contributed by atoms with Gasteiger partial charge >= 0.3 is 0 Å². The van der Waals surface area contributed by atoms with Crippen LogP contribution in [0.4, 0.5) is 0 Å². The molecule has 0 aliphatic heterocycles. The highest BCUT2D eigenvalue weighted by atomic mass is 16.5. The summed E-state index contributed by atoms with van der Waals surface area (Å²) < 4.78 is 5.15. The number of ether oxygens (including phenoxy) is 1. The lowest BCUT2D eigenvalue weighted by Gasteiger charge is -2.19. The lowest BCUT2D eigenvalue weighted by atomic mass is 9.97. The van der Waals surface area contributed by atoms with Gasteiger partial charge in [-0.15, -0.1) is 0 Å². The number of benzene rings is 1. The molecule has 4 heteroatoms. The maximum absolute atomic E-state index is 9.81. The van der Waals surface area contributed by atoms with Crippen molar-refractivity contribution in [1.82, 2.24) is 0 Å². The van der Waals surface area contributed by atoms with Crippen LogP contribution in [-0.2, 0) is 0 Å². The zero-order valence-electron chi connectivity index (χ0n) is 9.77. The second-order valence-corrected chi connectivity index (χ2v) is 3.87. The Morgan fingerprint density at radius 3 is 2.31 bits per heavy atom. The van der Waals surface area contributed by atoms with Crippen molar-refractivity contribution < 1.29 is 20.1 Å². The van der Waals surface area contributed by atoms with Crippen LogP contribution in [-0.4, -0.2) is 35.1 Å². The number of methoxy groups -OCH3 is 1. The van der Waals surface area contributed by atoms with Crippen LogP contribution in [0.2, 0.25) is 0 Å². The van der Waals surface area contributed by atoms with Gasteiger partial charge in [-0.25, -0.2) is 0 Å². The van der Waals surface area contributed by atoms with E-state index >= 15 is 0 Å². The van der Waals surface area contributed by atoms with E-state index < -0.39 is 18.8 Å². The molecule has 0 heterocycles. The van der Waals surface area contributed by atoms with E-state index in [0.717, 1.165) is 16.9 Å². The van der Waals surface area contributed by atoms with E-state index in [0.29, 0.717) is 5.56 Å². The molecule has 0 fully saturated rings. The van der Waals surface area contributed by atoms with Crippen LogP contribution in [0.15, 0.2) is 12.1 Å². The molecule has 4 nitrogen and oxygen atoms in total. The van der Waals surface area contributed by atoms with Gasteiger partial charge < -0.3 is 20.1 Å². The third-order valence-electron chi connectivity index (χ3n) is 2.65. The minimum Gasteiger partial charge on any atom is -0.496 e. The van der Waals surface area contributed by atoms with Crippen molar-refractivity contribution in [3.63, 3.8) is 0 Å². The molecule has 0 aromatic heterocycles. The minimum atomic E-state index is -1.16. The average Bonchev–Trinajstić information content (AvgIpc) is 2.29. The standard InChI is InChI=1S/C12H18O4/c1-7-5-11(16-3)8(2)4-9(7)12(15)10(14)6-13/h4-5,10,12-15H,6H2,1-3H3. The number of rotatable bonds is 4. The van der Waals surface area contributed by atoms with E-state index in [1.54, 1.807) is 19.2 Å². The van der Waals surface area contributed by atoms with E-state index in [1.807, 2.05) is 13.8 Å². The Balaban J connectivity index is 3.10. The Kier molecular flexibility index (Phi) is 4.29. The normalized spacial score (nSPS) is 14.6. The second-order valence-electron chi connectivity index (χ2n) is 3.87. The third kappa shape index (κ3) is 2.52. The van der Waals surface area contributed by atoms with Crippen molar-refractivity contribution in [3.05, 3.63) is 28.8 Å². The molecular weight excluding hydrogens is 208 g/mol. The molecule has 3 N–H and O–H groups in total. The van der Waals surface area contributed by atoms with Crippen molar-refractivity contribution in [2.24, 2.45) is 0 Å². The SMILES string of the molecule is COc1cc(C)c(C(O)C(O)CO)cc1C. The lowest BCUT2D eigenvalue weighted by Crippen LogP contribution is -2.22. The number of aliphatic hydroxyl groups excluding tert-OH is 3. The average molecular weight is 226 g/mol. The van der Waals surface area contributed by atoms with Gasteiger partial charge in [-0.1, -0.05) is 0 Å². The van der Waals surface area contributed by atoms with Crippen LogP contribution in [0.25, 0.3) is 0 Å². The van der Waals surface area contributed by atoms with Crippen LogP contribution in [0, 0.1) is 13.8 Å². The van der Waals surface area contributed by atoms with E-state index in [1.165, 1.54) is 0 Å². The van der Waals surface area contributed by atoms with Crippen molar-refractivity contribution in [3.8, 4) is 5.75 Å². The fourth-order valence-corrected chi connectivity index (χ4v) is 1.66. The zero-order valence-corrected chi connectivity index (χ0v) is 9.77. The van der Waals surface area contributed by atoms with Gasteiger partial charge in [0.1, 0.15) is 18.0 Å². The maximum Gasteiger partial charge on any atom is 0.122 e. The molecule has 0 radical (unpaired) electrons. The van der Waals surface area contributed by atoms with Gasteiger partial charge in [0.2, 0.25) is 0 Å². The number of hydrogen-bond donors (Lipinski definition) is 3. The maximum atomic E-state index is 9.81. The summed E-state index contributed by atoms with van der Waals surface area (Å²) in [6.45, 7) is 3.22. The first-order valence-electron chi connectivity index (χ1n) is 5.13. The monoisotopic (exact) mass is 226 g/mol. The summed E-state index contributed by atoms with van der Waals surface area (Å²) in [5.74, 6) is 0.743. The summed E-state index contributed by atoms with van der Waals surface area (Å²) in [5, 5.41) is 28.0. The summed E-state index contributed by atoms with van der Waals surface area (Å²) in [5.41, 5.74) is 2.31. The first-order valence-corrected chi connectivity index (χ1v) is 5.13. The Hall–Kier alpha value is -1.10. The van der Waals surface area contributed by atoms with E-state index in [9.17, 15) is 10.2 Å². The van der Waals surface area contributed by atoms with E-state index in [2.05, 4.69) is 0 Å². The molecule has 1 aromatic rings. The summed E-state index contributed by atoms with van der Waals surface area (Å²) in [7, 11) is 1.58. The predicted molar refractivity (Wildman–Crippen MR) is 60.5 cm³/mol. The van der Waals surface area contributed by atoms with Crippen molar-refractivity contribution in [2.75, 3.05) is 13.7 Å². The molecule has 0 aliphatic carbocycles. The van der Waals surface area contributed by atoms with Crippen LogP contribution < -0.4 is 4.74 Å². The van der Waals surface area contributed by atoms with Crippen LogP contribution >= 0.6 is 0 Å². The van der Waals surface area contributed by atoms with Gasteiger partial charge in [0.25, 0.3) is 0 Å². The minimum absolute atomic E-state index is 0.467. The van der Waals surface area contributed by atoms with Gasteiger partial charge in [-0.3, -0.25) is 0 Å². The summed E-state index contributed by atoms with van der Waals surface area (Å²) in [6.07, 6.45) is -2.24. The van der Waals surface area contributed by atoms with Crippen molar-refractivity contribution in [1.29, 1.82) is 0 Å². The van der Waals surface area contributed by atoms with Gasteiger partial charge in [0.05, 0.1) is 13.7 Å². The summed E-state index contributed by atoms with van der Waals surface area (Å²) >= 11 is 0. The van der Waals surface area contributed by atoms with Gasteiger partial charge in [0, 0.05) is 0 Å². The highest BCUT2D eigenvalue weighted by molar-refractivity contribution is 5.42. The molecule has 0 saturated carbocycles. The fraction of sp³-hybridized carbons (Fsp3) is 0.500. The highest BCUT2D eigenvalue weighted by Gasteiger charge is 2.20. The molecule has 1 rings (SSSR count).